The van der Waals surface area contributed by atoms with Gasteiger partial charge in [0.1, 0.15) is 0 Å². The Kier molecular flexibility index (Phi) is 5.04. The molecule has 0 aromatic heterocycles. The maximum atomic E-state index is 6.30. The van der Waals surface area contributed by atoms with E-state index in [-0.39, 0.29) is 17.0 Å². The third-order valence-corrected chi connectivity index (χ3v) is 5.28. The molecular weight excluding hydrogens is 347 g/mol. The number of nitrogens with zero attached hydrogens (tertiary/aromatic N) is 2. The maximum absolute atomic E-state index is 6.30. The standard InChI is InChI=1S/C14H19Cl2N2.BrH/c15-12-4-3-5-13(14(12)16)17-6-10-18(11-7-17)8-1-2-9-18;/h3-5H,1-2,6-11H2;1H/q+1;/p-1. The van der Waals surface area contributed by atoms with Crippen molar-refractivity contribution in [2.75, 3.05) is 44.2 Å². The first-order valence-electron chi connectivity index (χ1n) is 6.74. The summed E-state index contributed by atoms with van der Waals surface area (Å²) in [5.41, 5.74) is 1.10. The zero-order valence-corrected chi connectivity index (χ0v) is 14.0. The predicted octanol–water partition coefficient (Wildman–Crippen LogP) is 0.428. The molecule has 3 rings (SSSR count). The Morgan fingerprint density at radius 2 is 1.58 bits per heavy atom. The lowest BCUT2D eigenvalue weighted by Gasteiger charge is -2.43. The fourth-order valence-corrected chi connectivity index (χ4v) is 3.74. The van der Waals surface area contributed by atoms with Crippen LogP contribution in [0.1, 0.15) is 12.8 Å². The molecule has 0 unspecified atom stereocenters. The van der Waals surface area contributed by atoms with Gasteiger partial charge in [-0.3, -0.25) is 0 Å². The van der Waals surface area contributed by atoms with Crippen LogP contribution in [0.2, 0.25) is 10.0 Å². The molecule has 0 atom stereocenters. The first-order chi connectivity index (χ1) is 8.70. The Bertz CT molecular complexity index is 437. The zero-order chi connectivity index (χ0) is 12.6. The highest BCUT2D eigenvalue weighted by molar-refractivity contribution is 6.43. The Labute approximate surface area is 135 Å². The summed E-state index contributed by atoms with van der Waals surface area (Å²) in [6.07, 6.45) is 2.80. The van der Waals surface area contributed by atoms with E-state index in [1.807, 2.05) is 12.1 Å². The van der Waals surface area contributed by atoms with Crippen LogP contribution in [0.15, 0.2) is 18.2 Å². The number of hydrogen-bond acceptors (Lipinski definition) is 1. The smallest absolute Gasteiger partial charge is 0.0965 e. The van der Waals surface area contributed by atoms with Gasteiger partial charge in [0.25, 0.3) is 0 Å². The highest BCUT2D eigenvalue weighted by Gasteiger charge is 2.36. The van der Waals surface area contributed by atoms with Gasteiger partial charge in [-0.2, -0.15) is 0 Å². The van der Waals surface area contributed by atoms with Crippen molar-refractivity contribution in [3.8, 4) is 0 Å². The molecule has 0 aliphatic carbocycles. The highest BCUT2D eigenvalue weighted by Crippen LogP contribution is 2.34. The van der Waals surface area contributed by atoms with Crippen LogP contribution in [0.25, 0.3) is 0 Å². The van der Waals surface area contributed by atoms with E-state index in [0.717, 1.165) is 18.8 Å². The fourth-order valence-electron chi connectivity index (χ4n) is 3.32. The largest absolute Gasteiger partial charge is 1.00 e. The van der Waals surface area contributed by atoms with Gasteiger partial charge in [-0.15, -0.1) is 0 Å². The maximum Gasteiger partial charge on any atom is 0.0965 e. The Morgan fingerprint density at radius 3 is 2.21 bits per heavy atom. The number of quaternary nitrogens is 1. The summed E-state index contributed by atoms with van der Waals surface area (Å²) in [7, 11) is 0. The molecule has 0 radical (unpaired) electrons. The number of benzene rings is 1. The van der Waals surface area contributed by atoms with Gasteiger partial charge in [0, 0.05) is 12.8 Å². The second-order valence-electron chi connectivity index (χ2n) is 5.50. The van der Waals surface area contributed by atoms with Gasteiger partial charge >= 0.3 is 0 Å². The summed E-state index contributed by atoms with van der Waals surface area (Å²) in [5, 5.41) is 1.36. The lowest BCUT2D eigenvalue weighted by Crippen LogP contribution is -3.00. The van der Waals surface area contributed by atoms with Gasteiger partial charge in [-0.25, -0.2) is 0 Å². The molecule has 1 aromatic rings. The van der Waals surface area contributed by atoms with Crippen LogP contribution in [0, 0.1) is 0 Å². The van der Waals surface area contributed by atoms with Crippen LogP contribution in [-0.2, 0) is 0 Å². The minimum absolute atomic E-state index is 0. The average molecular weight is 366 g/mol. The minimum Gasteiger partial charge on any atom is -1.00 e. The van der Waals surface area contributed by atoms with Crippen LogP contribution in [0.5, 0.6) is 0 Å². The second-order valence-corrected chi connectivity index (χ2v) is 6.29. The molecule has 0 N–H and O–H groups in total. The van der Waals surface area contributed by atoms with E-state index in [0.29, 0.717) is 10.0 Å². The van der Waals surface area contributed by atoms with Gasteiger partial charge in [0.15, 0.2) is 0 Å². The van der Waals surface area contributed by atoms with Crippen molar-refractivity contribution in [1.82, 2.24) is 0 Å². The number of hydrogen-bond donors (Lipinski definition) is 0. The Morgan fingerprint density at radius 1 is 0.947 bits per heavy atom. The normalized spacial score (nSPS) is 21.5. The van der Waals surface area contributed by atoms with E-state index in [4.69, 9.17) is 23.2 Å². The Hall–Kier alpha value is 0.0400. The summed E-state index contributed by atoms with van der Waals surface area (Å²) < 4.78 is 1.33. The summed E-state index contributed by atoms with van der Waals surface area (Å²) in [4.78, 5) is 2.38. The van der Waals surface area contributed by atoms with E-state index < -0.39 is 0 Å². The highest BCUT2D eigenvalue weighted by atomic mass is 79.9. The van der Waals surface area contributed by atoms with E-state index in [1.54, 1.807) is 0 Å². The van der Waals surface area contributed by atoms with Crippen LogP contribution in [0.3, 0.4) is 0 Å². The van der Waals surface area contributed by atoms with Gasteiger partial charge in [-0.05, 0) is 12.1 Å². The van der Waals surface area contributed by atoms with Crippen molar-refractivity contribution in [3.05, 3.63) is 28.2 Å². The predicted molar refractivity (Wildman–Crippen MR) is 77.6 cm³/mol. The molecule has 2 nitrogen and oxygen atoms in total. The van der Waals surface area contributed by atoms with Crippen molar-refractivity contribution < 1.29 is 21.5 Å². The molecule has 5 heteroatoms. The fraction of sp³-hybridized carbons (Fsp3) is 0.571. The third kappa shape index (κ3) is 3.05. The third-order valence-electron chi connectivity index (χ3n) is 4.48. The van der Waals surface area contributed by atoms with E-state index >= 15 is 0 Å². The lowest BCUT2D eigenvalue weighted by molar-refractivity contribution is -0.917. The Balaban J connectivity index is 0.00000133. The monoisotopic (exact) mass is 364 g/mol. The molecule has 1 aromatic carbocycles. The average Bonchev–Trinajstić information content (AvgIpc) is 2.83. The van der Waals surface area contributed by atoms with Crippen molar-refractivity contribution in [3.63, 3.8) is 0 Å². The summed E-state index contributed by atoms with van der Waals surface area (Å²) in [5.74, 6) is 0. The minimum atomic E-state index is 0. The van der Waals surface area contributed by atoms with Crippen molar-refractivity contribution in [2.24, 2.45) is 0 Å². The van der Waals surface area contributed by atoms with Crippen molar-refractivity contribution in [1.29, 1.82) is 0 Å². The lowest BCUT2D eigenvalue weighted by atomic mass is 10.2. The first-order valence-corrected chi connectivity index (χ1v) is 7.50. The van der Waals surface area contributed by atoms with Gasteiger partial charge in [0.05, 0.1) is 55.0 Å². The molecule has 2 saturated heterocycles. The first kappa shape index (κ1) is 15.4. The van der Waals surface area contributed by atoms with Crippen LogP contribution in [-0.4, -0.2) is 43.8 Å². The van der Waals surface area contributed by atoms with Gasteiger partial charge in [-0.1, -0.05) is 29.3 Å². The summed E-state index contributed by atoms with van der Waals surface area (Å²) >= 11 is 12.4. The van der Waals surface area contributed by atoms with Crippen LogP contribution in [0.4, 0.5) is 5.69 Å². The molecule has 0 bridgehead atoms. The molecule has 19 heavy (non-hydrogen) atoms. The molecule has 106 valence electrons. The van der Waals surface area contributed by atoms with E-state index in [9.17, 15) is 0 Å². The quantitative estimate of drug-likeness (QED) is 0.652. The SMILES string of the molecule is Clc1cccc(N2CC[N+]3(CCCC3)CC2)c1Cl.[Br-]. The molecule has 0 amide bonds. The molecule has 2 aliphatic rings. The summed E-state index contributed by atoms with van der Waals surface area (Å²) in [6, 6.07) is 5.91. The topological polar surface area (TPSA) is 3.24 Å². The van der Waals surface area contributed by atoms with Crippen molar-refractivity contribution in [2.45, 2.75) is 12.8 Å². The molecule has 2 heterocycles. The van der Waals surface area contributed by atoms with E-state index in [2.05, 4.69) is 11.0 Å². The summed E-state index contributed by atoms with van der Waals surface area (Å²) in [6.45, 7) is 7.44. The number of piperazine rings is 1. The van der Waals surface area contributed by atoms with Crippen LogP contribution < -0.4 is 21.9 Å². The molecule has 0 saturated carbocycles. The molecular formula is C14H19BrCl2N2. The van der Waals surface area contributed by atoms with Crippen LogP contribution >= 0.6 is 23.2 Å². The number of rotatable bonds is 1. The molecule has 2 fully saturated rings. The van der Waals surface area contributed by atoms with Crippen molar-refractivity contribution >= 4 is 28.9 Å². The number of anilines is 1. The second kappa shape index (κ2) is 6.21. The molecule has 2 aliphatic heterocycles. The number of halogens is 3. The zero-order valence-electron chi connectivity index (χ0n) is 10.9. The van der Waals surface area contributed by atoms with Gasteiger partial charge < -0.3 is 26.4 Å². The van der Waals surface area contributed by atoms with E-state index in [1.165, 1.54) is 43.5 Å². The van der Waals surface area contributed by atoms with Gasteiger partial charge in [0.2, 0.25) is 0 Å². The molecule has 1 spiro atoms.